The third kappa shape index (κ3) is 5.65. The topological polar surface area (TPSA) is 57.2 Å². The number of hydrogen-bond acceptors (Lipinski definition) is 3. The predicted molar refractivity (Wildman–Crippen MR) is 97.2 cm³/mol. The summed E-state index contributed by atoms with van der Waals surface area (Å²) in [5, 5.41) is 3.46. The minimum absolute atomic E-state index is 0.170. The minimum Gasteiger partial charge on any atom is -0.368 e. The van der Waals surface area contributed by atoms with Crippen molar-refractivity contribution in [2.45, 2.75) is 52.1 Å². The summed E-state index contributed by atoms with van der Waals surface area (Å²) in [5.74, 6) is 1.91. The highest BCUT2D eigenvalue weighted by Crippen LogP contribution is 2.16. The molecule has 1 amide bonds. The second kappa shape index (κ2) is 9.87. The van der Waals surface area contributed by atoms with Crippen molar-refractivity contribution in [2.24, 2.45) is 10.9 Å². The van der Waals surface area contributed by atoms with Gasteiger partial charge in [0, 0.05) is 46.4 Å². The van der Waals surface area contributed by atoms with Gasteiger partial charge in [0.2, 0.25) is 0 Å². The van der Waals surface area contributed by atoms with E-state index in [4.69, 9.17) is 4.74 Å². The zero-order valence-corrected chi connectivity index (χ0v) is 15.6. The van der Waals surface area contributed by atoms with E-state index in [1.54, 1.807) is 0 Å². The molecule has 138 valence electrons. The van der Waals surface area contributed by atoms with E-state index in [0.717, 1.165) is 64.0 Å². The Hall–Kier alpha value is -1.30. The average molecular weight is 338 g/mol. The van der Waals surface area contributed by atoms with Gasteiger partial charge in [0.15, 0.2) is 5.96 Å². The molecule has 2 saturated heterocycles. The molecular formula is C18H34N4O2. The summed E-state index contributed by atoms with van der Waals surface area (Å²) in [7, 11) is 1.83. The zero-order chi connectivity index (χ0) is 17.4. The molecule has 0 aromatic carbocycles. The van der Waals surface area contributed by atoms with Crippen molar-refractivity contribution in [3.05, 3.63) is 0 Å². The van der Waals surface area contributed by atoms with Gasteiger partial charge < -0.3 is 19.9 Å². The van der Waals surface area contributed by atoms with E-state index in [0.29, 0.717) is 0 Å². The monoisotopic (exact) mass is 338 g/mol. The summed E-state index contributed by atoms with van der Waals surface area (Å²) in [6.07, 6.45) is 5.39. The molecule has 24 heavy (non-hydrogen) atoms. The van der Waals surface area contributed by atoms with Crippen molar-refractivity contribution in [1.29, 1.82) is 0 Å². The molecule has 0 radical (unpaired) electrons. The first-order valence-corrected chi connectivity index (χ1v) is 9.47. The lowest BCUT2D eigenvalue weighted by atomic mass is 10.1. The molecule has 1 unspecified atom stereocenters. The Bertz CT molecular complexity index is 411. The van der Waals surface area contributed by atoms with Gasteiger partial charge in [0.25, 0.3) is 5.91 Å². The molecule has 2 aliphatic heterocycles. The number of guanidine groups is 1. The van der Waals surface area contributed by atoms with E-state index in [1.807, 2.05) is 11.9 Å². The van der Waals surface area contributed by atoms with Crippen LogP contribution in [0.4, 0.5) is 0 Å². The van der Waals surface area contributed by atoms with Crippen molar-refractivity contribution in [2.75, 3.05) is 46.4 Å². The lowest BCUT2D eigenvalue weighted by Crippen LogP contribution is -2.55. The number of carbonyl (C=O) groups is 1. The van der Waals surface area contributed by atoms with Crippen LogP contribution in [0.15, 0.2) is 4.99 Å². The molecule has 1 N–H and O–H groups in total. The van der Waals surface area contributed by atoms with Crippen LogP contribution < -0.4 is 5.32 Å². The predicted octanol–water partition coefficient (Wildman–Crippen LogP) is 1.71. The van der Waals surface area contributed by atoms with E-state index in [1.165, 1.54) is 19.3 Å². The van der Waals surface area contributed by atoms with Crippen LogP contribution >= 0.6 is 0 Å². The third-order valence-electron chi connectivity index (χ3n) is 4.80. The number of nitrogens with zero attached hydrogens (tertiary/aromatic N) is 3. The Morgan fingerprint density at radius 2 is 1.92 bits per heavy atom. The van der Waals surface area contributed by atoms with Gasteiger partial charge >= 0.3 is 0 Å². The van der Waals surface area contributed by atoms with Crippen LogP contribution in [0.2, 0.25) is 0 Å². The highest BCUT2D eigenvalue weighted by molar-refractivity contribution is 5.82. The van der Waals surface area contributed by atoms with E-state index in [2.05, 4.69) is 29.1 Å². The first-order chi connectivity index (χ1) is 11.6. The fraction of sp³-hybridized carbons (Fsp3) is 0.889. The maximum atomic E-state index is 12.4. The fourth-order valence-corrected chi connectivity index (χ4v) is 3.32. The maximum Gasteiger partial charge on any atom is 0.251 e. The Labute approximate surface area is 146 Å². The Morgan fingerprint density at radius 3 is 2.50 bits per heavy atom. The number of unbranched alkanes of at least 4 members (excludes halogenated alkanes) is 1. The highest BCUT2D eigenvalue weighted by atomic mass is 16.5. The second-order valence-corrected chi connectivity index (χ2v) is 7.18. The molecule has 6 heteroatoms. The molecule has 0 saturated carbocycles. The summed E-state index contributed by atoms with van der Waals surface area (Å²) in [5.41, 5.74) is 0. The molecule has 0 spiro atoms. The van der Waals surface area contributed by atoms with Crippen molar-refractivity contribution in [3.8, 4) is 0 Å². The Morgan fingerprint density at radius 1 is 1.21 bits per heavy atom. The Balaban J connectivity index is 1.68. The first kappa shape index (κ1) is 19.0. The molecule has 2 rings (SSSR count). The van der Waals surface area contributed by atoms with Crippen molar-refractivity contribution in [3.63, 3.8) is 0 Å². The quantitative estimate of drug-likeness (QED) is 0.455. The molecule has 0 aromatic rings. The van der Waals surface area contributed by atoms with Crippen molar-refractivity contribution < 1.29 is 9.53 Å². The van der Waals surface area contributed by atoms with Gasteiger partial charge in [-0.25, -0.2) is 0 Å². The molecule has 2 heterocycles. The van der Waals surface area contributed by atoms with E-state index in [-0.39, 0.29) is 12.0 Å². The van der Waals surface area contributed by atoms with Crippen molar-refractivity contribution >= 4 is 11.9 Å². The van der Waals surface area contributed by atoms with Gasteiger partial charge in [-0.2, -0.15) is 0 Å². The standard InChI is InChI=1S/C18H34N4O2/c1-15(2)7-4-5-9-20-18(19-3)22-12-10-21(11-13-22)17(23)16-8-6-14-24-16/h15-16H,4-14H2,1-3H3,(H,19,20). The highest BCUT2D eigenvalue weighted by Gasteiger charge is 2.30. The number of aliphatic imine (C=N–C) groups is 1. The Kier molecular flexibility index (Phi) is 7.82. The number of nitrogens with one attached hydrogen (secondary N) is 1. The molecule has 6 nitrogen and oxygen atoms in total. The second-order valence-electron chi connectivity index (χ2n) is 7.18. The average Bonchev–Trinajstić information content (AvgIpc) is 3.12. The SMILES string of the molecule is CN=C(NCCCCC(C)C)N1CCN(C(=O)C2CCCO2)CC1. The van der Waals surface area contributed by atoms with Gasteiger partial charge in [-0.15, -0.1) is 0 Å². The number of hydrogen-bond donors (Lipinski definition) is 1. The summed E-state index contributed by atoms with van der Waals surface area (Å²) < 4.78 is 5.52. The van der Waals surface area contributed by atoms with Crippen molar-refractivity contribution in [1.82, 2.24) is 15.1 Å². The van der Waals surface area contributed by atoms with Crippen LogP contribution in [0.25, 0.3) is 0 Å². The smallest absolute Gasteiger partial charge is 0.251 e. The normalized spacial score (nSPS) is 22.3. The lowest BCUT2D eigenvalue weighted by Gasteiger charge is -2.37. The summed E-state index contributed by atoms with van der Waals surface area (Å²) in [6.45, 7) is 9.42. The molecular weight excluding hydrogens is 304 g/mol. The molecule has 2 aliphatic rings. The molecule has 0 bridgehead atoms. The number of piperazine rings is 1. The van der Waals surface area contributed by atoms with Gasteiger partial charge in [-0.05, 0) is 25.2 Å². The third-order valence-corrected chi connectivity index (χ3v) is 4.80. The summed E-state index contributed by atoms with van der Waals surface area (Å²) in [6, 6.07) is 0. The van der Waals surface area contributed by atoms with Crippen LogP contribution in [0.3, 0.4) is 0 Å². The number of ether oxygens (including phenoxy) is 1. The maximum absolute atomic E-state index is 12.4. The number of amides is 1. The summed E-state index contributed by atoms with van der Waals surface area (Å²) in [4.78, 5) is 21.0. The van der Waals surface area contributed by atoms with Gasteiger partial charge in [-0.1, -0.05) is 26.7 Å². The van der Waals surface area contributed by atoms with Crippen LogP contribution in [-0.4, -0.2) is 74.1 Å². The lowest BCUT2D eigenvalue weighted by molar-refractivity contribution is -0.142. The van der Waals surface area contributed by atoms with Crippen LogP contribution in [0.1, 0.15) is 46.0 Å². The van der Waals surface area contributed by atoms with Crippen LogP contribution in [0, 0.1) is 5.92 Å². The molecule has 1 atom stereocenters. The van der Waals surface area contributed by atoms with Crippen LogP contribution in [0.5, 0.6) is 0 Å². The van der Waals surface area contributed by atoms with E-state index >= 15 is 0 Å². The number of carbonyl (C=O) groups excluding carboxylic acids is 1. The molecule has 2 fully saturated rings. The first-order valence-electron chi connectivity index (χ1n) is 9.47. The van der Waals surface area contributed by atoms with Crippen LogP contribution in [-0.2, 0) is 9.53 Å². The van der Waals surface area contributed by atoms with E-state index < -0.39 is 0 Å². The fourth-order valence-electron chi connectivity index (χ4n) is 3.32. The van der Waals surface area contributed by atoms with Gasteiger partial charge in [-0.3, -0.25) is 9.79 Å². The minimum atomic E-state index is -0.199. The summed E-state index contributed by atoms with van der Waals surface area (Å²) >= 11 is 0. The molecule has 0 aromatic heterocycles. The number of rotatable bonds is 6. The largest absolute Gasteiger partial charge is 0.368 e. The van der Waals surface area contributed by atoms with Gasteiger partial charge in [0.1, 0.15) is 6.10 Å². The van der Waals surface area contributed by atoms with Gasteiger partial charge in [0.05, 0.1) is 0 Å². The molecule has 0 aliphatic carbocycles. The zero-order valence-electron chi connectivity index (χ0n) is 15.6. The van der Waals surface area contributed by atoms with E-state index in [9.17, 15) is 4.79 Å².